The highest BCUT2D eigenvalue weighted by atomic mass is 32.1. The van der Waals surface area contributed by atoms with Crippen molar-refractivity contribution in [3.8, 4) is 17.3 Å². The molecule has 0 atom stereocenters. The van der Waals surface area contributed by atoms with Gasteiger partial charge >= 0.3 is 0 Å². The molecular weight excluding hydrogens is 288 g/mol. The van der Waals surface area contributed by atoms with E-state index in [1.165, 1.54) is 24.0 Å². The maximum absolute atomic E-state index is 9.57. The van der Waals surface area contributed by atoms with Crippen LogP contribution in [0.4, 0.5) is 0 Å². The number of aryl methyl sites for hydroxylation is 1. The Hall–Kier alpha value is -1.92. The lowest BCUT2D eigenvalue weighted by Gasteiger charge is -2.20. The summed E-state index contributed by atoms with van der Waals surface area (Å²) in [7, 11) is 0. The number of hydrogen-bond acceptors (Lipinski definition) is 3. The molecule has 0 radical (unpaired) electrons. The molecule has 3 rings (SSSR count). The first-order valence-electron chi connectivity index (χ1n) is 7.82. The Bertz CT molecular complexity index is 722. The average Bonchev–Trinajstić information content (AvgIpc) is 3.00. The Morgan fingerprint density at radius 3 is 2.55 bits per heavy atom. The van der Waals surface area contributed by atoms with E-state index in [1.807, 2.05) is 0 Å². The summed E-state index contributed by atoms with van der Waals surface area (Å²) in [6.07, 6.45) is 4.47. The van der Waals surface area contributed by atoms with Crippen LogP contribution in [0.15, 0.2) is 35.2 Å². The van der Waals surface area contributed by atoms with Crippen molar-refractivity contribution in [2.24, 2.45) is 5.92 Å². The third kappa shape index (κ3) is 3.13. The van der Waals surface area contributed by atoms with Crippen LogP contribution >= 0.6 is 11.3 Å². The van der Waals surface area contributed by atoms with E-state index in [2.05, 4.69) is 49.6 Å². The molecule has 1 saturated carbocycles. The highest BCUT2D eigenvalue weighted by Crippen LogP contribution is 2.35. The van der Waals surface area contributed by atoms with E-state index < -0.39 is 0 Å². The quantitative estimate of drug-likeness (QED) is 0.676. The molecule has 0 unspecified atom stereocenters. The van der Waals surface area contributed by atoms with Gasteiger partial charge in [-0.1, -0.05) is 36.8 Å². The molecule has 1 fully saturated rings. The molecule has 22 heavy (non-hydrogen) atoms. The number of hydrogen-bond donors (Lipinski definition) is 0. The third-order valence-corrected chi connectivity index (χ3v) is 5.27. The van der Waals surface area contributed by atoms with Crippen LogP contribution in [0.2, 0.25) is 0 Å². The van der Waals surface area contributed by atoms with Crippen LogP contribution in [0.3, 0.4) is 0 Å². The molecule has 0 aliphatic heterocycles. The Balaban J connectivity index is 1.90. The number of nitriles is 1. The van der Waals surface area contributed by atoms with E-state index in [0.717, 1.165) is 40.6 Å². The third-order valence-electron chi connectivity index (χ3n) is 4.41. The average molecular weight is 308 g/mol. The van der Waals surface area contributed by atoms with E-state index >= 15 is 0 Å². The van der Waals surface area contributed by atoms with Crippen molar-refractivity contribution < 1.29 is 0 Å². The van der Waals surface area contributed by atoms with Crippen LogP contribution in [0.25, 0.3) is 16.8 Å². The summed E-state index contributed by atoms with van der Waals surface area (Å²) in [6.45, 7) is 4.38. The normalized spacial score (nSPS) is 18.0. The number of thiazole rings is 1. The molecule has 0 saturated heterocycles. The van der Waals surface area contributed by atoms with Crippen molar-refractivity contribution in [1.82, 2.24) is 4.98 Å². The van der Waals surface area contributed by atoms with Gasteiger partial charge in [0.25, 0.3) is 0 Å². The number of nitrogens with zero attached hydrogens (tertiary/aromatic N) is 2. The minimum atomic E-state index is 0.781. The lowest BCUT2D eigenvalue weighted by molar-refractivity contribution is 0.445. The van der Waals surface area contributed by atoms with E-state index in [9.17, 15) is 5.26 Å². The Kier molecular flexibility index (Phi) is 4.40. The molecule has 1 heterocycles. The predicted molar refractivity (Wildman–Crippen MR) is 92.5 cm³/mol. The first kappa shape index (κ1) is 15.0. The molecule has 2 nitrogen and oxygen atoms in total. The Morgan fingerprint density at radius 2 is 1.91 bits per heavy atom. The summed E-state index contributed by atoms with van der Waals surface area (Å²) in [5.41, 5.74) is 5.45. The van der Waals surface area contributed by atoms with Gasteiger partial charge in [-0.3, -0.25) is 0 Å². The van der Waals surface area contributed by atoms with Crippen LogP contribution in [0.5, 0.6) is 0 Å². The minimum absolute atomic E-state index is 0.781. The molecule has 0 spiro atoms. The lowest BCUT2D eigenvalue weighted by Crippen LogP contribution is -2.05. The van der Waals surface area contributed by atoms with Crippen LogP contribution in [0, 0.1) is 24.2 Å². The van der Waals surface area contributed by atoms with Crippen LogP contribution in [-0.4, -0.2) is 4.98 Å². The fourth-order valence-corrected chi connectivity index (χ4v) is 3.76. The second-order valence-corrected chi connectivity index (χ2v) is 7.03. The lowest BCUT2D eigenvalue weighted by atomic mass is 9.85. The summed E-state index contributed by atoms with van der Waals surface area (Å²) < 4.78 is 0. The zero-order valence-corrected chi connectivity index (χ0v) is 13.9. The molecular formula is C19H20N2S. The minimum Gasteiger partial charge on any atom is -0.235 e. The maximum atomic E-state index is 9.57. The molecule has 1 aromatic heterocycles. The number of rotatable bonds is 2. The Labute approximate surface area is 136 Å². The van der Waals surface area contributed by atoms with Crippen molar-refractivity contribution in [3.05, 3.63) is 45.8 Å². The number of allylic oxidation sites excluding steroid dienone is 2. The largest absolute Gasteiger partial charge is 0.235 e. The van der Waals surface area contributed by atoms with Gasteiger partial charge in [-0.15, -0.1) is 11.3 Å². The standard InChI is InChI=1S/C19H20N2S/c1-13-3-7-15(8-4-13)17(11-20)19-21-18(12-22-19)16-9-5-14(2)6-10-16/h5-6,9-10,12-13H,3-4,7-8H2,1-2H3. The molecule has 3 heteroatoms. The molecule has 1 aliphatic rings. The van der Waals surface area contributed by atoms with Crippen molar-refractivity contribution in [3.63, 3.8) is 0 Å². The summed E-state index contributed by atoms with van der Waals surface area (Å²) in [4.78, 5) is 4.71. The van der Waals surface area contributed by atoms with E-state index in [1.54, 1.807) is 11.3 Å². The summed E-state index contributed by atoms with van der Waals surface area (Å²) in [5.74, 6) is 0.781. The SMILES string of the molecule is Cc1ccc(-c2csc(C(C#N)=C3CCC(C)CC3)n2)cc1. The zero-order chi connectivity index (χ0) is 15.5. The van der Waals surface area contributed by atoms with E-state index in [4.69, 9.17) is 4.98 Å². The van der Waals surface area contributed by atoms with Gasteiger partial charge in [0, 0.05) is 10.9 Å². The van der Waals surface area contributed by atoms with Gasteiger partial charge in [0.1, 0.15) is 11.1 Å². The van der Waals surface area contributed by atoms with Gasteiger partial charge in [0.2, 0.25) is 0 Å². The molecule has 1 aliphatic carbocycles. The van der Waals surface area contributed by atoms with Crippen LogP contribution < -0.4 is 0 Å². The van der Waals surface area contributed by atoms with Crippen LogP contribution in [0.1, 0.15) is 43.2 Å². The first-order valence-corrected chi connectivity index (χ1v) is 8.70. The second kappa shape index (κ2) is 6.46. The Morgan fingerprint density at radius 1 is 1.23 bits per heavy atom. The summed E-state index contributed by atoms with van der Waals surface area (Å²) in [6, 6.07) is 10.8. The molecule has 112 valence electrons. The van der Waals surface area contributed by atoms with E-state index in [-0.39, 0.29) is 0 Å². The van der Waals surface area contributed by atoms with Crippen LogP contribution in [-0.2, 0) is 0 Å². The molecule has 0 N–H and O–H groups in total. The van der Waals surface area contributed by atoms with Gasteiger partial charge in [-0.2, -0.15) is 5.26 Å². The maximum Gasteiger partial charge on any atom is 0.134 e. The fraction of sp³-hybridized carbons (Fsp3) is 0.368. The number of benzene rings is 1. The monoisotopic (exact) mass is 308 g/mol. The van der Waals surface area contributed by atoms with E-state index in [0.29, 0.717) is 0 Å². The van der Waals surface area contributed by atoms with Gasteiger partial charge in [-0.05, 0) is 44.1 Å². The molecule has 2 aromatic rings. The smallest absolute Gasteiger partial charge is 0.134 e. The first-order chi connectivity index (χ1) is 10.7. The van der Waals surface area contributed by atoms with Gasteiger partial charge in [-0.25, -0.2) is 4.98 Å². The van der Waals surface area contributed by atoms with Gasteiger partial charge in [0.15, 0.2) is 0 Å². The molecule has 1 aromatic carbocycles. The van der Waals surface area contributed by atoms with Gasteiger partial charge < -0.3 is 0 Å². The van der Waals surface area contributed by atoms with Crippen molar-refractivity contribution in [2.75, 3.05) is 0 Å². The summed E-state index contributed by atoms with van der Waals surface area (Å²) in [5, 5.41) is 12.5. The second-order valence-electron chi connectivity index (χ2n) is 6.18. The number of aromatic nitrogens is 1. The molecule has 0 amide bonds. The molecule has 0 bridgehead atoms. The van der Waals surface area contributed by atoms with Crippen molar-refractivity contribution in [2.45, 2.75) is 39.5 Å². The van der Waals surface area contributed by atoms with Crippen molar-refractivity contribution in [1.29, 1.82) is 5.26 Å². The van der Waals surface area contributed by atoms with Crippen molar-refractivity contribution >= 4 is 16.9 Å². The topological polar surface area (TPSA) is 36.7 Å². The zero-order valence-electron chi connectivity index (χ0n) is 13.1. The fourth-order valence-electron chi connectivity index (χ4n) is 2.88. The highest BCUT2D eigenvalue weighted by Gasteiger charge is 2.19. The highest BCUT2D eigenvalue weighted by molar-refractivity contribution is 7.11. The van der Waals surface area contributed by atoms with Gasteiger partial charge in [0.05, 0.1) is 11.3 Å². The summed E-state index contributed by atoms with van der Waals surface area (Å²) >= 11 is 1.58. The predicted octanol–water partition coefficient (Wildman–Crippen LogP) is 5.61.